The van der Waals surface area contributed by atoms with E-state index in [-0.39, 0.29) is 35.9 Å². The molecule has 0 saturated carbocycles. The number of aromatic nitrogens is 1. The second-order valence-electron chi connectivity index (χ2n) is 8.40. The number of amides is 1. The third-order valence-electron chi connectivity index (χ3n) is 5.79. The monoisotopic (exact) mass is 523 g/mol. The number of thioether (sulfide) groups is 1. The highest BCUT2D eigenvalue weighted by atomic mass is 32.2. The van der Waals surface area contributed by atoms with Gasteiger partial charge in [0.25, 0.3) is 5.91 Å². The lowest BCUT2D eigenvalue weighted by atomic mass is 10.1. The van der Waals surface area contributed by atoms with Gasteiger partial charge in [0.1, 0.15) is 23.3 Å². The predicted molar refractivity (Wildman–Crippen MR) is 142 cm³/mol. The van der Waals surface area contributed by atoms with E-state index >= 15 is 0 Å². The third-order valence-corrected chi connectivity index (χ3v) is 6.96. The number of rotatable bonds is 8. The van der Waals surface area contributed by atoms with Gasteiger partial charge in [-0.2, -0.15) is 0 Å². The molecule has 0 spiro atoms. The Morgan fingerprint density at radius 2 is 1.97 bits per heavy atom. The molecule has 0 fully saturated rings. The molecular formula is C28H27F2N3O3S. The van der Waals surface area contributed by atoms with Gasteiger partial charge < -0.3 is 14.6 Å². The molecule has 9 heteroatoms. The van der Waals surface area contributed by atoms with Gasteiger partial charge in [-0.25, -0.2) is 8.78 Å². The summed E-state index contributed by atoms with van der Waals surface area (Å²) in [6.07, 6.45) is 4.45. The Bertz CT molecular complexity index is 1420. The number of aliphatic imine (C=N–C) groups is 1. The number of halogens is 2. The van der Waals surface area contributed by atoms with Crippen LogP contribution in [0.1, 0.15) is 40.5 Å². The zero-order valence-electron chi connectivity index (χ0n) is 20.6. The SMILES string of the molecule is CC/C=C(\Cc1ccc(F)cc1F)SC(=NC)c1cn2c(c(OCc3ccccc3)c1=O)C(=O)NCC2. The molecule has 0 saturated heterocycles. The Balaban J connectivity index is 1.70. The van der Waals surface area contributed by atoms with Crippen molar-refractivity contribution in [1.82, 2.24) is 9.88 Å². The molecule has 1 aliphatic rings. The van der Waals surface area contributed by atoms with Crippen molar-refractivity contribution in [3.05, 3.63) is 110 Å². The Morgan fingerprint density at radius 1 is 1.19 bits per heavy atom. The van der Waals surface area contributed by atoms with E-state index in [1.165, 1.54) is 23.9 Å². The number of nitrogens with zero attached hydrogens (tertiary/aromatic N) is 2. The van der Waals surface area contributed by atoms with Crippen LogP contribution in [0.3, 0.4) is 0 Å². The first kappa shape index (κ1) is 26.3. The average molecular weight is 524 g/mol. The lowest BCUT2D eigenvalue weighted by Gasteiger charge is -2.23. The molecule has 3 aromatic rings. The summed E-state index contributed by atoms with van der Waals surface area (Å²) < 4.78 is 35.4. The molecule has 192 valence electrons. The van der Waals surface area contributed by atoms with Crippen molar-refractivity contribution in [2.75, 3.05) is 13.6 Å². The minimum Gasteiger partial charge on any atom is -0.483 e. The van der Waals surface area contributed by atoms with Crippen LogP contribution >= 0.6 is 11.8 Å². The molecule has 1 aromatic heterocycles. The van der Waals surface area contributed by atoms with Crippen molar-refractivity contribution in [3.63, 3.8) is 0 Å². The highest BCUT2D eigenvalue weighted by Gasteiger charge is 2.27. The van der Waals surface area contributed by atoms with Gasteiger partial charge in [0.05, 0.1) is 5.56 Å². The van der Waals surface area contributed by atoms with E-state index in [0.717, 1.165) is 16.5 Å². The summed E-state index contributed by atoms with van der Waals surface area (Å²) in [6, 6.07) is 12.9. The molecule has 2 heterocycles. The summed E-state index contributed by atoms with van der Waals surface area (Å²) in [5.41, 5.74) is 1.21. The number of hydrogen-bond acceptors (Lipinski definition) is 5. The van der Waals surface area contributed by atoms with Crippen molar-refractivity contribution in [3.8, 4) is 5.75 Å². The number of benzene rings is 2. The zero-order chi connectivity index (χ0) is 26.4. The number of carbonyl (C=O) groups is 1. The number of nitrogens with one attached hydrogen (secondary N) is 1. The first-order valence-corrected chi connectivity index (χ1v) is 12.7. The fraction of sp³-hybridized carbons (Fsp3) is 0.250. The van der Waals surface area contributed by atoms with Gasteiger partial charge in [0.2, 0.25) is 5.43 Å². The lowest BCUT2D eigenvalue weighted by Crippen LogP contribution is -2.39. The molecular weight excluding hydrogens is 496 g/mol. The molecule has 37 heavy (non-hydrogen) atoms. The third kappa shape index (κ3) is 6.17. The van der Waals surface area contributed by atoms with Gasteiger partial charge in [0, 0.05) is 38.8 Å². The van der Waals surface area contributed by atoms with Crippen molar-refractivity contribution in [2.24, 2.45) is 4.99 Å². The van der Waals surface area contributed by atoms with Gasteiger partial charge in [-0.1, -0.05) is 61.2 Å². The Labute approximate surface area is 218 Å². The summed E-state index contributed by atoms with van der Waals surface area (Å²) >= 11 is 1.25. The number of ether oxygens (including phenoxy) is 1. The van der Waals surface area contributed by atoms with Crippen LogP contribution in [0.15, 0.2) is 75.5 Å². The van der Waals surface area contributed by atoms with Crippen LogP contribution in [0.5, 0.6) is 5.75 Å². The van der Waals surface area contributed by atoms with E-state index in [9.17, 15) is 18.4 Å². The highest BCUT2D eigenvalue weighted by Crippen LogP contribution is 2.28. The molecule has 0 bridgehead atoms. The van der Waals surface area contributed by atoms with E-state index in [1.807, 2.05) is 43.3 Å². The molecule has 0 atom stereocenters. The normalized spacial score (nSPS) is 13.8. The van der Waals surface area contributed by atoms with E-state index in [4.69, 9.17) is 4.74 Å². The second kappa shape index (κ2) is 12.0. The number of pyridine rings is 1. The molecule has 1 aliphatic heterocycles. The smallest absolute Gasteiger partial charge is 0.272 e. The molecule has 0 unspecified atom stereocenters. The molecule has 4 rings (SSSR count). The van der Waals surface area contributed by atoms with Crippen LogP contribution in [0, 0.1) is 11.6 Å². The minimum atomic E-state index is -0.639. The quantitative estimate of drug-likeness (QED) is 0.330. The van der Waals surface area contributed by atoms with Gasteiger partial charge >= 0.3 is 0 Å². The average Bonchev–Trinajstić information content (AvgIpc) is 2.89. The van der Waals surface area contributed by atoms with Gasteiger partial charge in [-0.05, 0) is 28.5 Å². The Kier molecular flexibility index (Phi) is 8.55. The first-order chi connectivity index (χ1) is 17.9. The summed E-state index contributed by atoms with van der Waals surface area (Å²) in [6.45, 7) is 2.96. The summed E-state index contributed by atoms with van der Waals surface area (Å²) in [5, 5.41) is 3.18. The van der Waals surface area contributed by atoms with Gasteiger partial charge in [0.15, 0.2) is 11.4 Å². The standard InChI is InChI=1S/C28H27F2N3O3S/c1-3-7-21(14-19-10-11-20(29)15-23(19)30)37-28(31-2)22-16-33-13-12-32-27(35)24(33)26(25(22)34)36-17-18-8-5-4-6-9-18/h4-11,15-16H,3,12-14,17H2,1-2H3,(H,32,35)/b21-7+,31-28?. The summed E-state index contributed by atoms with van der Waals surface area (Å²) in [4.78, 5) is 31.5. The second-order valence-corrected chi connectivity index (χ2v) is 9.51. The minimum absolute atomic E-state index is 0.0362. The van der Waals surface area contributed by atoms with E-state index in [1.54, 1.807) is 17.8 Å². The maximum absolute atomic E-state index is 14.3. The van der Waals surface area contributed by atoms with E-state index in [0.29, 0.717) is 30.1 Å². The van der Waals surface area contributed by atoms with Crippen molar-refractivity contribution >= 4 is 22.7 Å². The number of carbonyl (C=O) groups excluding carboxylic acids is 1. The number of fused-ring (bicyclic) bond motifs is 1. The van der Waals surface area contributed by atoms with Gasteiger partial charge in [-0.15, -0.1) is 0 Å². The van der Waals surface area contributed by atoms with Crippen molar-refractivity contribution in [2.45, 2.75) is 32.9 Å². The van der Waals surface area contributed by atoms with Crippen LogP contribution < -0.4 is 15.5 Å². The lowest BCUT2D eigenvalue weighted by molar-refractivity contribution is 0.0919. The Morgan fingerprint density at radius 3 is 2.68 bits per heavy atom. The molecule has 2 aromatic carbocycles. The van der Waals surface area contributed by atoms with Crippen LogP contribution in [-0.2, 0) is 19.6 Å². The highest BCUT2D eigenvalue weighted by molar-refractivity contribution is 8.17. The maximum Gasteiger partial charge on any atom is 0.272 e. The summed E-state index contributed by atoms with van der Waals surface area (Å²) in [7, 11) is 1.57. The predicted octanol–water partition coefficient (Wildman–Crippen LogP) is 5.10. The Hall–Kier alpha value is -3.72. The van der Waals surface area contributed by atoms with Crippen molar-refractivity contribution in [1.29, 1.82) is 0 Å². The van der Waals surface area contributed by atoms with Crippen molar-refractivity contribution < 1.29 is 18.3 Å². The number of allylic oxidation sites excluding steroid dienone is 2. The zero-order valence-corrected chi connectivity index (χ0v) is 21.4. The van der Waals surface area contributed by atoms with E-state index in [2.05, 4.69) is 10.3 Å². The fourth-order valence-electron chi connectivity index (χ4n) is 4.01. The fourth-order valence-corrected chi connectivity index (χ4v) is 5.09. The maximum atomic E-state index is 14.3. The van der Waals surface area contributed by atoms with E-state index < -0.39 is 17.1 Å². The molecule has 1 N–H and O–H groups in total. The summed E-state index contributed by atoms with van der Waals surface area (Å²) in [5.74, 6) is -1.68. The largest absolute Gasteiger partial charge is 0.483 e. The first-order valence-electron chi connectivity index (χ1n) is 11.9. The molecule has 1 amide bonds. The van der Waals surface area contributed by atoms with Crippen LogP contribution in [0.2, 0.25) is 0 Å². The molecule has 6 nitrogen and oxygen atoms in total. The van der Waals surface area contributed by atoms with Crippen LogP contribution in [-0.4, -0.2) is 29.1 Å². The molecule has 0 aliphatic carbocycles. The van der Waals surface area contributed by atoms with Gasteiger partial charge in [-0.3, -0.25) is 14.6 Å². The van der Waals surface area contributed by atoms with Crippen LogP contribution in [0.4, 0.5) is 8.78 Å². The number of hydrogen-bond donors (Lipinski definition) is 1. The topological polar surface area (TPSA) is 72.7 Å². The molecule has 0 radical (unpaired) electrons. The van der Waals surface area contributed by atoms with Crippen LogP contribution in [0.25, 0.3) is 0 Å².